The fourth-order valence-electron chi connectivity index (χ4n) is 2.59. The molecule has 0 radical (unpaired) electrons. The van der Waals surface area contributed by atoms with Gasteiger partial charge in [-0.1, -0.05) is 18.5 Å². The van der Waals surface area contributed by atoms with Crippen LogP contribution in [0.2, 0.25) is 5.02 Å². The highest BCUT2D eigenvalue weighted by Crippen LogP contribution is 2.22. The summed E-state index contributed by atoms with van der Waals surface area (Å²) in [6.45, 7) is 6.84. The van der Waals surface area contributed by atoms with Crippen molar-refractivity contribution in [2.75, 3.05) is 16.8 Å². The van der Waals surface area contributed by atoms with Gasteiger partial charge in [-0.05, 0) is 50.6 Å². The number of carboxylic acids is 1. The number of benzene rings is 1. The smallest absolute Gasteiger partial charge is 0.338 e. The van der Waals surface area contributed by atoms with Gasteiger partial charge in [0.05, 0.1) is 5.56 Å². The third-order valence-electron chi connectivity index (χ3n) is 3.85. The summed E-state index contributed by atoms with van der Waals surface area (Å²) in [5.74, 6) is -2.30. The zero-order valence-corrected chi connectivity index (χ0v) is 16.0. The highest BCUT2D eigenvalue weighted by atomic mass is 35.5. The molecule has 2 N–H and O–H groups in total. The van der Waals surface area contributed by atoms with Gasteiger partial charge >= 0.3 is 5.97 Å². The molecule has 2 aromatic rings. The monoisotopic (exact) mass is 393 g/mol. The zero-order chi connectivity index (χ0) is 20.1. The predicted octanol–water partition coefficient (Wildman–Crippen LogP) is 4.45. The Morgan fingerprint density at radius 2 is 2.00 bits per heavy atom. The largest absolute Gasteiger partial charge is 0.478 e. The van der Waals surface area contributed by atoms with Crippen LogP contribution in [-0.4, -0.2) is 34.6 Å². The van der Waals surface area contributed by atoms with Crippen LogP contribution in [0.4, 0.5) is 15.9 Å². The van der Waals surface area contributed by atoms with Crippen LogP contribution in [0.3, 0.4) is 0 Å². The lowest BCUT2D eigenvalue weighted by molar-refractivity contribution is 0.0692. The lowest BCUT2D eigenvalue weighted by atomic mass is 10.2. The second kappa shape index (κ2) is 8.81. The van der Waals surface area contributed by atoms with E-state index < -0.39 is 23.3 Å². The first-order chi connectivity index (χ1) is 12.7. The van der Waals surface area contributed by atoms with Crippen molar-refractivity contribution in [2.45, 2.75) is 33.2 Å². The Hall–Kier alpha value is -2.67. The SMILES string of the molecule is CCCN(c1cc(Cl)cc(C(=O)Nc2ccc(C(=O)O)c(F)c2)n1)C(C)C. The summed E-state index contributed by atoms with van der Waals surface area (Å²) in [4.78, 5) is 29.8. The second-order valence-corrected chi connectivity index (χ2v) is 6.71. The minimum atomic E-state index is -1.38. The summed E-state index contributed by atoms with van der Waals surface area (Å²) >= 11 is 6.15. The fraction of sp³-hybridized carbons (Fsp3) is 0.316. The van der Waals surface area contributed by atoms with Gasteiger partial charge in [-0.15, -0.1) is 0 Å². The third kappa shape index (κ3) is 5.17. The topological polar surface area (TPSA) is 82.5 Å². The van der Waals surface area contributed by atoms with Crippen molar-refractivity contribution >= 4 is 35.0 Å². The number of pyridine rings is 1. The van der Waals surface area contributed by atoms with Gasteiger partial charge in [-0.2, -0.15) is 0 Å². The molecule has 0 fully saturated rings. The molecule has 0 bridgehead atoms. The first-order valence-electron chi connectivity index (χ1n) is 8.51. The third-order valence-corrected chi connectivity index (χ3v) is 4.07. The molecule has 0 aliphatic carbocycles. The van der Waals surface area contributed by atoms with Gasteiger partial charge in [0.1, 0.15) is 17.3 Å². The van der Waals surface area contributed by atoms with Crippen LogP contribution in [0.5, 0.6) is 0 Å². The first-order valence-corrected chi connectivity index (χ1v) is 8.89. The van der Waals surface area contributed by atoms with Crippen molar-refractivity contribution in [2.24, 2.45) is 0 Å². The molecule has 0 atom stereocenters. The minimum Gasteiger partial charge on any atom is -0.478 e. The van der Waals surface area contributed by atoms with Gasteiger partial charge < -0.3 is 15.3 Å². The Morgan fingerprint density at radius 3 is 2.56 bits per heavy atom. The molecule has 0 aliphatic heterocycles. The number of halogens is 2. The number of carboxylic acid groups (broad SMARTS) is 1. The van der Waals surface area contributed by atoms with E-state index in [4.69, 9.17) is 16.7 Å². The normalized spacial score (nSPS) is 10.7. The number of nitrogens with one attached hydrogen (secondary N) is 1. The van der Waals surface area contributed by atoms with Gasteiger partial charge in [-0.25, -0.2) is 14.2 Å². The van der Waals surface area contributed by atoms with Crippen molar-refractivity contribution in [3.8, 4) is 0 Å². The Kier molecular flexibility index (Phi) is 6.74. The number of aromatic carboxylic acids is 1. The molecule has 1 aromatic carbocycles. The van der Waals surface area contributed by atoms with Gasteiger partial charge in [0.15, 0.2) is 0 Å². The molecule has 0 aliphatic rings. The summed E-state index contributed by atoms with van der Waals surface area (Å²) in [5.41, 5.74) is -0.259. The van der Waals surface area contributed by atoms with E-state index in [1.165, 1.54) is 12.1 Å². The molecule has 1 heterocycles. The van der Waals surface area contributed by atoms with Crippen LogP contribution in [0, 0.1) is 5.82 Å². The van der Waals surface area contributed by atoms with E-state index in [0.717, 1.165) is 25.1 Å². The zero-order valence-electron chi connectivity index (χ0n) is 15.3. The maximum atomic E-state index is 13.8. The average molecular weight is 394 g/mol. The van der Waals surface area contributed by atoms with Gasteiger partial charge in [-0.3, -0.25) is 4.79 Å². The van der Waals surface area contributed by atoms with Crippen LogP contribution in [-0.2, 0) is 0 Å². The Balaban J connectivity index is 2.28. The molecule has 0 unspecified atom stereocenters. The maximum Gasteiger partial charge on any atom is 0.338 e. The van der Waals surface area contributed by atoms with E-state index in [1.807, 2.05) is 25.7 Å². The molecule has 144 valence electrons. The molecule has 6 nitrogen and oxygen atoms in total. The van der Waals surface area contributed by atoms with Crippen molar-refractivity contribution in [1.29, 1.82) is 0 Å². The highest BCUT2D eigenvalue weighted by Gasteiger charge is 2.17. The van der Waals surface area contributed by atoms with Gasteiger partial charge in [0, 0.05) is 23.3 Å². The van der Waals surface area contributed by atoms with E-state index in [9.17, 15) is 14.0 Å². The molecule has 1 aromatic heterocycles. The summed E-state index contributed by atoms with van der Waals surface area (Å²) < 4.78 is 13.8. The van der Waals surface area contributed by atoms with Gasteiger partial charge in [0.2, 0.25) is 0 Å². The molecule has 0 spiro atoms. The average Bonchev–Trinajstić information content (AvgIpc) is 2.58. The summed E-state index contributed by atoms with van der Waals surface area (Å²) in [7, 11) is 0. The Labute approximate surface area is 162 Å². The number of hydrogen-bond acceptors (Lipinski definition) is 4. The predicted molar refractivity (Wildman–Crippen MR) is 103 cm³/mol. The van der Waals surface area contributed by atoms with Gasteiger partial charge in [0.25, 0.3) is 5.91 Å². The van der Waals surface area contributed by atoms with Crippen LogP contribution in [0.25, 0.3) is 0 Å². The second-order valence-electron chi connectivity index (χ2n) is 6.27. The lowest BCUT2D eigenvalue weighted by Gasteiger charge is -2.27. The van der Waals surface area contributed by atoms with E-state index in [-0.39, 0.29) is 17.4 Å². The lowest BCUT2D eigenvalue weighted by Crippen LogP contribution is -2.32. The summed E-state index contributed by atoms with van der Waals surface area (Å²) in [5, 5.41) is 11.7. The highest BCUT2D eigenvalue weighted by molar-refractivity contribution is 6.31. The number of amides is 1. The van der Waals surface area contributed by atoms with E-state index in [0.29, 0.717) is 10.8 Å². The molecule has 0 saturated carbocycles. The standard InChI is InChI=1S/C19H21ClFN3O3/c1-4-7-24(11(2)3)17-9-12(20)8-16(23-17)18(25)22-13-5-6-14(19(26)27)15(21)10-13/h5-6,8-11H,4,7H2,1-3H3,(H,22,25)(H,26,27). The summed E-state index contributed by atoms with van der Waals surface area (Å²) in [6.07, 6.45) is 0.906. The number of anilines is 2. The summed E-state index contributed by atoms with van der Waals surface area (Å²) in [6, 6.07) is 6.63. The molecule has 2 rings (SSSR count). The van der Waals surface area contributed by atoms with E-state index >= 15 is 0 Å². The number of nitrogens with zero attached hydrogens (tertiary/aromatic N) is 2. The number of aromatic nitrogens is 1. The minimum absolute atomic E-state index is 0.0852. The van der Waals surface area contributed by atoms with E-state index in [1.54, 1.807) is 6.07 Å². The van der Waals surface area contributed by atoms with Crippen molar-refractivity contribution in [3.05, 3.63) is 52.4 Å². The maximum absolute atomic E-state index is 13.8. The van der Waals surface area contributed by atoms with Crippen molar-refractivity contribution in [1.82, 2.24) is 4.98 Å². The van der Waals surface area contributed by atoms with Crippen LogP contribution in [0.1, 0.15) is 48.0 Å². The quantitative estimate of drug-likeness (QED) is 0.726. The van der Waals surface area contributed by atoms with Crippen LogP contribution in [0.15, 0.2) is 30.3 Å². The van der Waals surface area contributed by atoms with E-state index in [2.05, 4.69) is 10.3 Å². The molecule has 27 heavy (non-hydrogen) atoms. The van der Waals surface area contributed by atoms with Crippen molar-refractivity contribution in [3.63, 3.8) is 0 Å². The molecule has 1 amide bonds. The molecular weight excluding hydrogens is 373 g/mol. The number of carbonyl (C=O) groups is 2. The molecule has 0 saturated heterocycles. The Bertz CT molecular complexity index is 858. The fourth-order valence-corrected chi connectivity index (χ4v) is 2.79. The Morgan fingerprint density at radius 1 is 1.30 bits per heavy atom. The van der Waals surface area contributed by atoms with Crippen LogP contribution >= 0.6 is 11.6 Å². The molecular formula is C19H21ClFN3O3. The number of carbonyl (C=O) groups excluding carboxylic acids is 1. The molecule has 8 heteroatoms. The number of hydrogen-bond donors (Lipinski definition) is 2. The first kappa shape index (κ1) is 20.6. The van der Waals surface area contributed by atoms with Crippen LogP contribution < -0.4 is 10.2 Å². The van der Waals surface area contributed by atoms with Crippen molar-refractivity contribution < 1.29 is 19.1 Å². The number of rotatable bonds is 7.